The van der Waals surface area contributed by atoms with Crippen LogP contribution in [0.1, 0.15) is 25.5 Å². The predicted octanol–water partition coefficient (Wildman–Crippen LogP) is 1.58. The quantitative estimate of drug-likeness (QED) is 0.369. The van der Waals surface area contributed by atoms with E-state index in [1.54, 1.807) is 13.3 Å². The van der Waals surface area contributed by atoms with Crippen LogP contribution in [0.25, 0.3) is 0 Å². The fourth-order valence-electron chi connectivity index (χ4n) is 1.77. The van der Waals surface area contributed by atoms with Gasteiger partial charge in [0.25, 0.3) is 0 Å². The van der Waals surface area contributed by atoms with Gasteiger partial charge in [0.2, 0.25) is 0 Å². The topological polar surface area (TPSA) is 67.8 Å². The molecule has 1 aromatic rings. The van der Waals surface area contributed by atoms with Gasteiger partial charge in [-0.2, -0.15) is 0 Å². The Hall–Kier alpha value is -1.66. The summed E-state index contributed by atoms with van der Waals surface area (Å²) in [7, 11) is 1.68. The van der Waals surface area contributed by atoms with E-state index in [0.29, 0.717) is 19.8 Å². The number of methoxy groups -OCH3 is 1. The highest BCUT2D eigenvalue weighted by molar-refractivity contribution is 5.79. The van der Waals surface area contributed by atoms with Gasteiger partial charge in [0.1, 0.15) is 0 Å². The smallest absolute Gasteiger partial charge is 0.191 e. The summed E-state index contributed by atoms with van der Waals surface area (Å²) >= 11 is 0. The Labute approximate surface area is 133 Å². The second kappa shape index (κ2) is 13.0. The van der Waals surface area contributed by atoms with Gasteiger partial charge < -0.3 is 20.1 Å². The molecule has 1 heterocycles. The van der Waals surface area contributed by atoms with Crippen LogP contribution < -0.4 is 10.6 Å². The van der Waals surface area contributed by atoms with Crippen LogP contribution in [0.15, 0.2) is 29.4 Å². The van der Waals surface area contributed by atoms with Crippen molar-refractivity contribution >= 4 is 5.96 Å². The Morgan fingerprint density at radius 3 is 2.82 bits per heavy atom. The van der Waals surface area contributed by atoms with Gasteiger partial charge in [0.05, 0.1) is 25.5 Å². The van der Waals surface area contributed by atoms with E-state index in [1.165, 1.54) is 0 Å². The standard InChI is InChI=1S/C16H28N4O2/c1-3-17-16(20-14-15-8-4-5-9-18-15)19-10-6-7-11-22-13-12-21-2/h4-5,8-9H,3,6-7,10-14H2,1-2H3,(H2,17,19,20). The third kappa shape index (κ3) is 9.31. The first kappa shape index (κ1) is 18.4. The zero-order chi connectivity index (χ0) is 15.9. The van der Waals surface area contributed by atoms with Crippen molar-refractivity contribution in [3.05, 3.63) is 30.1 Å². The van der Waals surface area contributed by atoms with Crippen molar-refractivity contribution < 1.29 is 9.47 Å². The van der Waals surface area contributed by atoms with Gasteiger partial charge in [-0.1, -0.05) is 6.07 Å². The summed E-state index contributed by atoms with van der Waals surface area (Å²) < 4.78 is 10.4. The fourth-order valence-corrected chi connectivity index (χ4v) is 1.77. The minimum atomic E-state index is 0.580. The number of hydrogen-bond acceptors (Lipinski definition) is 4. The Bertz CT molecular complexity index is 398. The lowest BCUT2D eigenvalue weighted by Crippen LogP contribution is -2.37. The molecule has 0 radical (unpaired) electrons. The number of pyridine rings is 1. The van der Waals surface area contributed by atoms with Crippen LogP contribution in [0.5, 0.6) is 0 Å². The molecule has 0 aromatic carbocycles. The summed E-state index contributed by atoms with van der Waals surface area (Å²) in [6.07, 6.45) is 3.85. The molecule has 0 saturated carbocycles. The van der Waals surface area contributed by atoms with Crippen molar-refractivity contribution in [2.45, 2.75) is 26.3 Å². The Morgan fingerprint density at radius 1 is 1.18 bits per heavy atom. The largest absolute Gasteiger partial charge is 0.382 e. The number of guanidine groups is 1. The van der Waals surface area contributed by atoms with E-state index < -0.39 is 0 Å². The molecule has 1 aromatic heterocycles. The van der Waals surface area contributed by atoms with E-state index in [0.717, 1.165) is 44.2 Å². The predicted molar refractivity (Wildman–Crippen MR) is 89.0 cm³/mol. The highest BCUT2D eigenvalue weighted by Gasteiger charge is 1.98. The van der Waals surface area contributed by atoms with E-state index in [2.05, 4.69) is 27.5 Å². The Balaban J connectivity index is 2.18. The lowest BCUT2D eigenvalue weighted by Gasteiger charge is -2.11. The van der Waals surface area contributed by atoms with Crippen LogP contribution in [0.3, 0.4) is 0 Å². The van der Waals surface area contributed by atoms with E-state index in [-0.39, 0.29) is 0 Å². The van der Waals surface area contributed by atoms with Crippen LogP contribution in [-0.4, -0.2) is 51.0 Å². The van der Waals surface area contributed by atoms with Crippen molar-refractivity contribution in [3.8, 4) is 0 Å². The summed E-state index contributed by atoms with van der Waals surface area (Å²) in [5.74, 6) is 0.827. The molecular formula is C16H28N4O2. The minimum Gasteiger partial charge on any atom is -0.382 e. The molecule has 0 aliphatic heterocycles. The number of ether oxygens (including phenoxy) is 2. The van der Waals surface area contributed by atoms with Crippen LogP contribution in [0.4, 0.5) is 0 Å². The maximum atomic E-state index is 5.43. The van der Waals surface area contributed by atoms with Gasteiger partial charge in [0, 0.05) is 33.0 Å². The van der Waals surface area contributed by atoms with Crippen LogP contribution >= 0.6 is 0 Å². The average molecular weight is 308 g/mol. The normalized spacial score (nSPS) is 11.5. The van der Waals surface area contributed by atoms with E-state index >= 15 is 0 Å². The van der Waals surface area contributed by atoms with Crippen molar-refractivity contribution in [2.24, 2.45) is 4.99 Å². The van der Waals surface area contributed by atoms with Gasteiger partial charge in [-0.25, -0.2) is 4.99 Å². The number of nitrogens with one attached hydrogen (secondary N) is 2. The first-order valence-electron chi connectivity index (χ1n) is 7.85. The molecule has 0 fully saturated rings. The molecule has 0 bridgehead atoms. The zero-order valence-electron chi connectivity index (χ0n) is 13.7. The molecule has 2 N–H and O–H groups in total. The Kier molecular flexibility index (Phi) is 10.9. The molecule has 0 spiro atoms. The second-order valence-electron chi connectivity index (χ2n) is 4.76. The first-order chi connectivity index (χ1) is 10.9. The minimum absolute atomic E-state index is 0.580. The second-order valence-corrected chi connectivity index (χ2v) is 4.76. The van der Waals surface area contributed by atoms with Crippen molar-refractivity contribution in [1.29, 1.82) is 0 Å². The van der Waals surface area contributed by atoms with E-state index in [1.807, 2.05) is 18.2 Å². The molecule has 124 valence electrons. The van der Waals surface area contributed by atoms with E-state index in [9.17, 15) is 0 Å². The van der Waals surface area contributed by atoms with Crippen LogP contribution in [-0.2, 0) is 16.0 Å². The third-order valence-corrected chi connectivity index (χ3v) is 2.91. The average Bonchev–Trinajstić information content (AvgIpc) is 2.56. The number of hydrogen-bond donors (Lipinski definition) is 2. The van der Waals surface area contributed by atoms with Gasteiger partial charge >= 0.3 is 0 Å². The van der Waals surface area contributed by atoms with Gasteiger partial charge in [-0.05, 0) is 31.9 Å². The summed E-state index contributed by atoms with van der Waals surface area (Å²) in [6.45, 7) is 6.45. The monoisotopic (exact) mass is 308 g/mol. The zero-order valence-corrected chi connectivity index (χ0v) is 13.7. The first-order valence-corrected chi connectivity index (χ1v) is 7.85. The van der Waals surface area contributed by atoms with Gasteiger partial charge in [-0.3, -0.25) is 4.98 Å². The van der Waals surface area contributed by atoms with Crippen molar-refractivity contribution in [3.63, 3.8) is 0 Å². The van der Waals surface area contributed by atoms with Gasteiger partial charge in [0.15, 0.2) is 5.96 Å². The number of aliphatic imine (C=N–C) groups is 1. The molecule has 1 rings (SSSR count). The van der Waals surface area contributed by atoms with E-state index in [4.69, 9.17) is 9.47 Å². The summed E-state index contributed by atoms with van der Waals surface area (Å²) in [5, 5.41) is 6.56. The van der Waals surface area contributed by atoms with Crippen molar-refractivity contribution in [2.75, 3.05) is 40.0 Å². The van der Waals surface area contributed by atoms with Crippen LogP contribution in [0.2, 0.25) is 0 Å². The molecule has 0 saturated heterocycles. The molecule has 0 unspecified atom stereocenters. The highest BCUT2D eigenvalue weighted by Crippen LogP contribution is 1.95. The molecule has 0 aliphatic carbocycles. The molecule has 0 aliphatic rings. The summed E-state index contributed by atoms with van der Waals surface area (Å²) in [4.78, 5) is 8.79. The highest BCUT2D eigenvalue weighted by atomic mass is 16.5. The number of aromatic nitrogens is 1. The van der Waals surface area contributed by atoms with Gasteiger partial charge in [-0.15, -0.1) is 0 Å². The molecule has 0 atom stereocenters. The summed E-state index contributed by atoms with van der Waals surface area (Å²) in [6, 6.07) is 5.86. The Morgan fingerprint density at radius 2 is 2.09 bits per heavy atom. The number of nitrogens with zero attached hydrogens (tertiary/aromatic N) is 2. The SMILES string of the molecule is CCNC(=NCc1ccccn1)NCCCCOCCOC. The molecule has 6 heteroatoms. The van der Waals surface area contributed by atoms with Crippen molar-refractivity contribution in [1.82, 2.24) is 15.6 Å². The number of unbranched alkanes of at least 4 members (excludes halogenated alkanes) is 1. The molecule has 0 amide bonds. The third-order valence-electron chi connectivity index (χ3n) is 2.91. The summed E-state index contributed by atoms with van der Waals surface area (Å²) in [5.41, 5.74) is 0.964. The maximum absolute atomic E-state index is 5.43. The molecule has 22 heavy (non-hydrogen) atoms. The maximum Gasteiger partial charge on any atom is 0.191 e. The lowest BCUT2D eigenvalue weighted by molar-refractivity contribution is 0.0689. The molecular weight excluding hydrogens is 280 g/mol. The number of rotatable bonds is 11. The lowest BCUT2D eigenvalue weighted by atomic mass is 10.3. The fraction of sp³-hybridized carbons (Fsp3) is 0.625. The van der Waals surface area contributed by atoms with Crippen LogP contribution in [0, 0.1) is 0 Å². The molecule has 6 nitrogen and oxygen atoms in total.